The van der Waals surface area contributed by atoms with E-state index in [0.29, 0.717) is 23.6 Å². The molecular formula is C17H19NO6. The van der Waals surface area contributed by atoms with Crippen molar-refractivity contribution in [2.45, 2.75) is 19.1 Å². The first kappa shape index (κ1) is 16.3. The van der Waals surface area contributed by atoms with Gasteiger partial charge in [0.05, 0.1) is 25.3 Å². The minimum Gasteiger partial charge on any atom is -0.493 e. The molecule has 0 aliphatic carbocycles. The second kappa shape index (κ2) is 6.52. The number of carbonyl (C=O) groups excluding carboxylic acids is 1. The molecule has 24 heavy (non-hydrogen) atoms. The van der Waals surface area contributed by atoms with Crippen molar-refractivity contribution in [2.75, 3.05) is 26.8 Å². The molecule has 1 fully saturated rings. The zero-order chi connectivity index (χ0) is 17.3. The van der Waals surface area contributed by atoms with Gasteiger partial charge in [0, 0.05) is 12.1 Å². The Morgan fingerprint density at radius 1 is 1.33 bits per heavy atom. The predicted molar refractivity (Wildman–Crippen MR) is 85.0 cm³/mol. The third kappa shape index (κ3) is 3.07. The molecule has 3 rings (SSSR count). The van der Waals surface area contributed by atoms with Crippen LogP contribution in [0, 0.1) is 0 Å². The number of carboxylic acids is 1. The molecular weight excluding hydrogens is 314 g/mol. The van der Waals surface area contributed by atoms with E-state index < -0.39 is 12.1 Å². The number of carboxylic acid groups (broad SMARTS) is 1. The molecule has 7 heteroatoms. The summed E-state index contributed by atoms with van der Waals surface area (Å²) in [5.74, 6) is -0.0790. The monoisotopic (exact) mass is 333 g/mol. The molecule has 1 amide bonds. The number of hydrogen-bond donors (Lipinski definition) is 1. The van der Waals surface area contributed by atoms with Gasteiger partial charge >= 0.3 is 5.97 Å². The van der Waals surface area contributed by atoms with Crippen molar-refractivity contribution in [3.05, 3.63) is 29.3 Å². The maximum Gasteiger partial charge on any atom is 0.334 e. The lowest BCUT2D eigenvalue weighted by Crippen LogP contribution is -2.52. The Hall–Kier alpha value is -2.54. The molecule has 0 aromatic heterocycles. The Kier molecular flexibility index (Phi) is 4.44. The highest BCUT2D eigenvalue weighted by Crippen LogP contribution is 2.35. The molecule has 0 radical (unpaired) electrons. The van der Waals surface area contributed by atoms with Gasteiger partial charge in [-0.2, -0.15) is 0 Å². The van der Waals surface area contributed by atoms with Gasteiger partial charge in [-0.25, -0.2) is 4.79 Å². The van der Waals surface area contributed by atoms with Crippen molar-refractivity contribution >= 4 is 18.0 Å². The summed E-state index contributed by atoms with van der Waals surface area (Å²) in [6.07, 6.45) is 0.427. The van der Waals surface area contributed by atoms with E-state index in [-0.39, 0.29) is 25.2 Å². The van der Waals surface area contributed by atoms with Gasteiger partial charge in [-0.1, -0.05) is 12.1 Å². The maximum atomic E-state index is 12.7. The molecule has 128 valence electrons. The highest BCUT2D eigenvalue weighted by atomic mass is 16.5. The average molecular weight is 333 g/mol. The van der Waals surface area contributed by atoms with Crippen LogP contribution in [0.3, 0.4) is 0 Å². The van der Waals surface area contributed by atoms with Gasteiger partial charge in [0.25, 0.3) is 5.91 Å². The van der Waals surface area contributed by atoms with Crippen molar-refractivity contribution in [3.8, 4) is 11.5 Å². The third-order valence-corrected chi connectivity index (χ3v) is 4.03. The fourth-order valence-corrected chi connectivity index (χ4v) is 2.92. The Morgan fingerprint density at radius 3 is 2.83 bits per heavy atom. The smallest absolute Gasteiger partial charge is 0.334 e. The van der Waals surface area contributed by atoms with Crippen LogP contribution in [-0.2, 0) is 14.3 Å². The molecule has 2 heterocycles. The Balaban J connectivity index is 1.82. The van der Waals surface area contributed by atoms with Crippen molar-refractivity contribution < 1.29 is 28.9 Å². The minimum atomic E-state index is -1.07. The lowest BCUT2D eigenvalue weighted by Gasteiger charge is -2.35. The fourth-order valence-electron chi connectivity index (χ4n) is 2.92. The van der Waals surface area contributed by atoms with Gasteiger partial charge < -0.3 is 24.2 Å². The van der Waals surface area contributed by atoms with E-state index in [4.69, 9.17) is 19.3 Å². The number of nitrogens with zero attached hydrogens (tertiary/aromatic N) is 1. The van der Waals surface area contributed by atoms with Crippen LogP contribution in [-0.4, -0.2) is 60.9 Å². The normalized spacial score (nSPS) is 22.9. The Morgan fingerprint density at radius 2 is 2.12 bits per heavy atom. The van der Waals surface area contributed by atoms with Gasteiger partial charge in [0.15, 0.2) is 17.6 Å². The molecule has 1 saturated heterocycles. The lowest BCUT2D eigenvalue weighted by molar-refractivity contribution is -0.165. The quantitative estimate of drug-likeness (QED) is 0.894. The van der Waals surface area contributed by atoms with Gasteiger partial charge in [-0.15, -0.1) is 0 Å². The van der Waals surface area contributed by atoms with Crippen LogP contribution >= 0.6 is 0 Å². The number of ether oxygens (including phenoxy) is 3. The SMILES string of the molecule is COc1cccc2c1OCC(C(=O)N1CC(C(=O)O)O[C@H](C)C1)=C2. The van der Waals surface area contributed by atoms with Crippen LogP contribution in [0.2, 0.25) is 0 Å². The average Bonchev–Trinajstić information content (AvgIpc) is 2.59. The standard InChI is InChI=1S/C17H19NO6/c1-10-7-18(8-14(24-10)17(20)21)16(19)12-6-11-4-3-5-13(22-2)15(11)23-9-12/h3-6,10,14H,7-9H2,1-2H3,(H,20,21)/t10-,14?/m1/s1. The van der Waals surface area contributed by atoms with Crippen molar-refractivity contribution in [1.29, 1.82) is 0 Å². The highest BCUT2D eigenvalue weighted by Gasteiger charge is 2.34. The zero-order valence-electron chi connectivity index (χ0n) is 13.5. The van der Waals surface area contributed by atoms with E-state index in [9.17, 15) is 9.59 Å². The summed E-state index contributed by atoms with van der Waals surface area (Å²) in [7, 11) is 1.56. The second-order valence-corrected chi connectivity index (χ2v) is 5.82. The molecule has 0 spiro atoms. The summed E-state index contributed by atoms with van der Waals surface area (Å²) >= 11 is 0. The largest absolute Gasteiger partial charge is 0.493 e. The van der Waals surface area contributed by atoms with Crippen LogP contribution in [0.25, 0.3) is 6.08 Å². The van der Waals surface area contributed by atoms with Gasteiger partial charge in [0.1, 0.15) is 6.61 Å². The molecule has 1 N–H and O–H groups in total. The molecule has 1 unspecified atom stereocenters. The molecule has 2 aliphatic heterocycles. The fraction of sp³-hybridized carbons (Fsp3) is 0.412. The number of amides is 1. The van der Waals surface area contributed by atoms with Crippen LogP contribution in [0.1, 0.15) is 12.5 Å². The lowest BCUT2D eigenvalue weighted by atomic mass is 10.1. The van der Waals surface area contributed by atoms with Crippen LogP contribution in [0.15, 0.2) is 23.8 Å². The maximum absolute atomic E-state index is 12.7. The first-order valence-electron chi connectivity index (χ1n) is 7.67. The van der Waals surface area contributed by atoms with E-state index in [1.54, 1.807) is 26.2 Å². The summed E-state index contributed by atoms with van der Waals surface area (Å²) in [6, 6.07) is 5.45. The van der Waals surface area contributed by atoms with E-state index >= 15 is 0 Å². The summed E-state index contributed by atoms with van der Waals surface area (Å²) < 4.78 is 16.3. The third-order valence-electron chi connectivity index (χ3n) is 4.03. The number of benzene rings is 1. The van der Waals surface area contributed by atoms with Gasteiger partial charge in [-0.3, -0.25) is 4.79 Å². The molecule has 1 aromatic rings. The van der Waals surface area contributed by atoms with E-state index in [1.165, 1.54) is 4.90 Å². The molecule has 2 atom stereocenters. The number of hydrogen-bond acceptors (Lipinski definition) is 5. The van der Waals surface area contributed by atoms with Crippen molar-refractivity contribution in [2.24, 2.45) is 0 Å². The van der Waals surface area contributed by atoms with Crippen LogP contribution in [0.5, 0.6) is 11.5 Å². The summed E-state index contributed by atoms with van der Waals surface area (Å²) in [4.78, 5) is 25.4. The molecule has 7 nitrogen and oxygen atoms in total. The predicted octanol–water partition coefficient (Wildman–Crippen LogP) is 1.17. The highest BCUT2D eigenvalue weighted by molar-refractivity contribution is 5.99. The first-order valence-corrected chi connectivity index (χ1v) is 7.67. The number of rotatable bonds is 3. The van der Waals surface area contributed by atoms with Gasteiger partial charge in [0.2, 0.25) is 0 Å². The summed E-state index contributed by atoms with van der Waals surface area (Å²) in [5, 5.41) is 9.14. The molecule has 0 bridgehead atoms. The Bertz CT molecular complexity index is 698. The molecule has 0 saturated carbocycles. The van der Waals surface area contributed by atoms with Crippen LogP contribution in [0.4, 0.5) is 0 Å². The summed E-state index contributed by atoms with van der Waals surface area (Å²) in [5.41, 5.74) is 1.24. The number of morpholine rings is 1. The topological polar surface area (TPSA) is 85.3 Å². The van der Waals surface area contributed by atoms with Crippen LogP contribution < -0.4 is 9.47 Å². The first-order chi connectivity index (χ1) is 11.5. The van der Waals surface area contributed by atoms with Crippen molar-refractivity contribution in [3.63, 3.8) is 0 Å². The number of para-hydroxylation sites is 1. The van der Waals surface area contributed by atoms with E-state index in [1.807, 2.05) is 12.1 Å². The zero-order valence-corrected chi connectivity index (χ0v) is 13.5. The molecule has 1 aromatic carbocycles. The van der Waals surface area contributed by atoms with Crippen molar-refractivity contribution in [1.82, 2.24) is 4.90 Å². The van der Waals surface area contributed by atoms with E-state index in [2.05, 4.69) is 0 Å². The van der Waals surface area contributed by atoms with Gasteiger partial charge in [-0.05, 0) is 19.1 Å². The molecule has 2 aliphatic rings. The number of carbonyl (C=O) groups is 2. The Labute approximate surface area is 139 Å². The van der Waals surface area contributed by atoms with E-state index in [0.717, 1.165) is 5.56 Å². The summed E-state index contributed by atoms with van der Waals surface area (Å²) in [6.45, 7) is 2.25. The number of methoxy groups -OCH3 is 1. The minimum absolute atomic E-state index is 0.0286. The number of aliphatic carboxylic acids is 1. The number of fused-ring (bicyclic) bond motifs is 1. The second-order valence-electron chi connectivity index (χ2n) is 5.82.